The highest BCUT2D eigenvalue weighted by Gasteiger charge is 2.19. The second kappa shape index (κ2) is 52.5. The summed E-state index contributed by atoms with van der Waals surface area (Å²) in [5.74, 6) is -0.938. The highest BCUT2D eigenvalue weighted by molar-refractivity contribution is 5.71. The van der Waals surface area contributed by atoms with Gasteiger partial charge in [0.25, 0.3) is 0 Å². The molecule has 0 heterocycles. The maximum absolute atomic E-state index is 12.8. The molecule has 0 radical (unpaired) electrons. The summed E-state index contributed by atoms with van der Waals surface area (Å²) in [5.41, 5.74) is 0. The van der Waals surface area contributed by atoms with Gasteiger partial charge in [-0.25, -0.2) is 0 Å². The summed E-state index contributed by atoms with van der Waals surface area (Å²) in [5, 5.41) is 0. The smallest absolute Gasteiger partial charge is 0.306 e. The second-order valence-corrected chi connectivity index (χ2v) is 17.9. The molecule has 368 valence electrons. The lowest BCUT2D eigenvalue weighted by molar-refractivity contribution is -0.167. The first-order valence-electron chi connectivity index (χ1n) is 27.0. The number of carbonyl (C=O) groups excluding carboxylic acids is 3. The zero-order chi connectivity index (χ0) is 46.5. The Kier molecular flexibility index (Phi) is 49.9. The molecule has 0 aliphatic rings. The molecule has 0 saturated heterocycles. The molecule has 0 bridgehead atoms. The molecule has 64 heavy (non-hydrogen) atoms. The van der Waals surface area contributed by atoms with Gasteiger partial charge in [0.2, 0.25) is 0 Å². The Morgan fingerprint density at radius 3 is 0.938 bits per heavy atom. The first kappa shape index (κ1) is 60.9. The lowest BCUT2D eigenvalue weighted by Gasteiger charge is -2.18. The third kappa shape index (κ3) is 49.9. The summed E-state index contributed by atoms with van der Waals surface area (Å²) in [6, 6.07) is 0. The molecule has 0 aromatic heterocycles. The van der Waals surface area contributed by atoms with Crippen LogP contribution in [0.3, 0.4) is 0 Å². The van der Waals surface area contributed by atoms with Gasteiger partial charge in [-0.15, -0.1) is 0 Å². The number of ether oxygens (including phenoxy) is 3. The molecule has 0 spiro atoms. The Labute approximate surface area is 395 Å². The number of carbonyl (C=O) groups is 3. The van der Waals surface area contributed by atoms with E-state index in [1.807, 2.05) is 0 Å². The van der Waals surface area contributed by atoms with Gasteiger partial charge in [0.05, 0.1) is 0 Å². The van der Waals surface area contributed by atoms with Crippen molar-refractivity contribution in [2.75, 3.05) is 13.2 Å². The molecule has 1 unspecified atom stereocenters. The molecule has 0 rings (SSSR count). The number of hydrogen-bond acceptors (Lipinski definition) is 6. The summed E-state index contributed by atoms with van der Waals surface area (Å²) >= 11 is 0. The van der Waals surface area contributed by atoms with Crippen molar-refractivity contribution in [3.05, 3.63) is 72.9 Å². The van der Waals surface area contributed by atoms with E-state index in [1.165, 1.54) is 122 Å². The monoisotopic (exact) mass is 893 g/mol. The summed E-state index contributed by atoms with van der Waals surface area (Å²) in [7, 11) is 0. The van der Waals surface area contributed by atoms with Gasteiger partial charge >= 0.3 is 17.9 Å². The molecule has 0 amide bonds. The average Bonchev–Trinajstić information content (AvgIpc) is 3.29. The van der Waals surface area contributed by atoms with Crippen LogP contribution in [0.4, 0.5) is 0 Å². The van der Waals surface area contributed by atoms with Crippen LogP contribution in [0.1, 0.15) is 258 Å². The van der Waals surface area contributed by atoms with E-state index in [-0.39, 0.29) is 31.1 Å². The Morgan fingerprint density at radius 2 is 0.562 bits per heavy atom. The number of rotatable bonds is 48. The largest absolute Gasteiger partial charge is 0.462 e. The zero-order valence-corrected chi connectivity index (χ0v) is 42.0. The number of allylic oxidation sites excluding steroid dienone is 12. The molecule has 0 aromatic rings. The van der Waals surface area contributed by atoms with E-state index in [0.29, 0.717) is 19.3 Å². The predicted molar refractivity (Wildman–Crippen MR) is 274 cm³/mol. The minimum absolute atomic E-state index is 0.0924. The van der Waals surface area contributed by atoms with Gasteiger partial charge in [-0.1, -0.05) is 241 Å². The number of hydrogen-bond donors (Lipinski definition) is 0. The van der Waals surface area contributed by atoms with Gasteiger partial charge in [-0.2, -0.15) is 0 Å². The Bertz CT molecular complexity index is 1210. The molecular formula is C58H100O6. The van der Waals surface area contributed by atoms with Crippen molar-refractivity contribution < 1.29 is 28.6 Å². The summed E-state index contributed by atoms with van der Waals surface area (Å²) in [6.07, 6.45) is 65.9. The van der Waals surface area contributed by atoms with Crippen molar-refractivity contribution in [3.8, 4) is 0 Å². The summed E-state index contributed by atoms with van der Waals surface area (Å²) in [4.78, 5) is 38.0. The lowest BCUT2D eigenvalue weighted by atomic mass is 10.0. The molecule has 6 heteroatoms. The van der Waals surface area contributed by atoms with Gasteiger partial charge in [-0.05, 0) is 70.6 Å². The van der Waals surface area contributed by atoms with Crippen molar-refractivity contribution in [1.82, 2.24) is 0 Å². The van der Waals surface area contributed by atoms with Crippen molar-refractivity contribution in [2.24, 2.45) is 0 Å². The Hall–Kier alpha value is -3.15. The van der Waals surface area contributed by atoms with Crippen LogP contribution in [0.25, 0.3) is 0 Å². The first-order chi connectivity index (χ1) is 31.5. The van der Waals surface area contributed by atoms with E-state index in [2.05, 4.69) is 93.7 Å². The van der Waals surface area contributed by atoms with Gasteiger partial charge in [0.1, 0.15) is 13.2 Å². The van der Waals surface area contributed by atoms with Crippen LogP contribution < -0.4 is 0 Å². The quantitative estimate of drug-likeness (QED) is 0.0262. The van der Waals surface area contributed by atoms with E-state index in [9.17, 15) is 14.4 Å². The van der Waals surface area contributed by atoms with Crippen LogP contribution in [-0.4, -0.2) is 37.2 Å². The van der Waals surface area contributed by atoms with Gasteiger partial charge in [-0.3, -0.25) is 14.4 Å². The van der Waals surface area contributed by atoms with Crippen molar-refractivity contribution in [1.29, 1.82) is 0 Å². The number of unbranched alkanes of at least 4 members (excludes halogenated alkanes) is 29. The molecule has 0 N–H and O–H groups in total. The van der Waals surface area contributed by atoms with Crippen LogP contribution in [0.15, 0.2) is 72.9 Å². The topological polar surface area (TPSA) is 78.9 Å². The van der Waals surface area contributed by atoms with Crippen molar-refractivity contribution in [3.63, 3.8) is 0 Å². The molecule has 0 aliphatic carbocycles. The van der Waals surface area contributed by atoms with Crippen LogP contribution in [0.5, 0.6) is 0 Å². The maximum Gasteiger partial charge on any atom is 0.306 e. The molecule has 0 aliphatic heterocycles. The van der Waals surface area contributed by atoms with Crippen LogP contribution in [-0.2, 0) is 28.6 Å². The van der Waals surface area contributed by atoms with E-state index < -0.39 is 6.10 Å². The Balaban J connectivity index is 4.46. The average molecular weight is 893 g/mol. The minimum Gasteiger partial charge on any atom is -0.462 e. The zero-order valence-electron chi connectivity index (χ0n) is 42.0. The van der Waals surface area contributed by atoms with E-state index in [1.54, 1.807) is 0 Å². The minimum atomic E-state index is -0.797. The molecular weight excluding hydrogens is 793 g/mol. The van der Waals surface area contributed by atoms with Crippen molar-refractivity contribution in [2.45, 2.75) is 264 Å². The standard InChI is InChI=1S/C58H100O6/c1-4-7-10-13-16-19-22-25-27-29-30-32-33-36-39-42-45-48-51-57(60)63-54-55(53-62-56(59)50-47-44-41-38-35-24-21-18-15-12-9-6-3)64-58(61)52-49-46-43-40-37-34-31-28-26-23-20-17-14-11-8-5-2/h16,19,22,25,27-32,34,37,55H,4-15,17-18,20-21,23-24,26,33,35-36,38-54H2,1-3H3/b19-16-,25-22-,29-27-,31-28-,32-30-,37-34-. The fourth-order valence-corrected chi connectivity index (χ4v) is 7.44. The van der Waals surface area contributed by atoms with Gasteiger partial charge < -0.3 is 14.2 Å². The van der Waals surface area contributed by atoms with E-state index in [4.69, 9.17) is 14.2 Å². The first-order valence-corrected chi connectivity index (χ1v) is 27.0. The highest BCUT2D eigenvalue weighted by Crippen LogP contribution is 2.15. The van der Waals surface area contributed by atoms with Gasteiger partial charge in [0, 0.05) is 19.3 Å². The molecule has 0 aromatic carbocycles. The van der Waals surface area contributed by atoms with Gasteiger partial charge in [0.15, 0.2) is 6.10 Å². The maximum atomic E-state index is 12.8. The van der Waals surface area contributed by atoms with E-state index >= 15 is 0 Å². The van der Waals surface area contributed by atoms with Crippen molar-refractivity contribution >= 4 is 17.9 Å². The molecule has 6 nitrogen and oxygen atoms in total. The second-order valence-electron chi connectivity index (χ2n) is 17.9. The predicted octanol–water partition coefficient (Wildman–Crippen LogP) is 17.8. The van der Waals surface area contributed by atoms with Crippen LogP contribution in [0.2, 0.25) is 0 Å². The van der Waals surface area contributed by atoms with Crippen LogP contribution in [0, 0.1) is 0 Å². The van der Waals surface area contributed by atoms with Crippen LogP contribution >= 0.6 is 0 Å². The van der Waals surface area contributed by atoms with E-state index in [0.717, 1.165) is 96.3 Å². The third-order valence-electron chi connectivity index (χ3n) is 11.6. The lowest BCUT2D eigenvalue weighted by Crippen LogP contribution is -2.30. The Morgan fingerprint density at radius 1 is 0.312 bits per heavy atom. The highest BCUT2D eigenvalue weighted by atomic mass is 16.6. The fourth-order valence-electron chi connectivity index (χ4n) is 7.44. The number of esters is 3. The normalized spacial score (nSPS) is 12.6. The molecule has 0 saturated carbocycles. The molecule has 0 fully saturated rings. The SMILES string of the molecule is CCCCC\C=C/C=C\C=C/C=C\CCCCCCCC(=O)OCC(COC(=O)CCCCCCCCCCCCCC)OC(=O)CCCCC/C=C\C=C/CCCCCCCCC. The third-order valence-corrected chi connectivity index (χ3v) is 11.6. The molecule has 1 atom stereocenters. The fraction of sp³-hybridized carbons (Fsp3) is 0.741. The summed E-state index contributed by atoms with van der Waals surface area (Å²) < 4.78 is 16.8. The summed E-state index contributed by atoms with van der Waals surface area (Å²) in [6.45, 7) is 6.56.